The van der Waals surface area contributed by atoms with Crippen LogP contribution in [0.5, 0.6) is 0 Å². The summed E-state index contributed by atoms with van der Waals surface area (Å²) in [5, 5.41) is 10.2. The highest BCUT2D eigenvalue weighted by molar-refractivity contribution is 7.17. The van der Waals surface area contributed by atoms with Crippen molar-refractivity contribution in [3.63, 3.8) is 0 Å². The second-order valence-corrected chi connectivity index (χ2v) is 8.28. The lowest BCUT2D eigenvalue weighted by molar-refractivity contribution is 0.0700. The lowest BCUT2D eigenvalue weighted by Crippen LogP contribution is -2.38. The average Bonchev–Trinajstić information content (AvgIpc) is 2.83. The fraction of sp³-hybridized carbons (Fsp3) is 0.750. The van der Waals surface area contributed by atoms with E-state index in [9.17, 15) is 9.90 Å². The molecule has 1 aromatic rings. The van der Waals surface area contributed by atoms with Crippen molar-refractivity contribution >= 4 is 22.4 Å². The molecule has 1 fully saturated rings. The molecule has 0 saturated carbocycles. The number of thiazole rings is 1. The number of aromatic carboxylic acids is 1. The highest BCUT2D eigenvalue weighted by Crippen LogP contribution is 2.37. The van der Waals surface area contributed by atoms with Crippen molar-refractivity contribution in [3.05, 3.63) is 10.6 Å². The first kappa shape index (κ1) is 16.3. The maximum Gasteiger partial charge on any atom is 0.347 e. The van der Waals surface area contributed by atoms with Crippen molar-refractivity contribution < 1.29 is 9.90 Å². The Kier molecular flexibility index (Phi) is 4.61. The molecule has 1 aliphatic heterocycles. The minimum Gasteiger partial charge on any atom is -0.477 e. The first-order valence-electron chi connectivity index (χ1n) is 7.69. The van der Waals surface area contributed by atoms with Gasteiger partial charge in [0.25, 0.3) is 0 Å². The summed E-state index contributed by atoms with van der Waals surface area (Å²) in [5.74, 6) is 0.0254. The minimum atomic E-state index is -0.855. The summed E-state index contributed by atoms with van der Waals surface area (Å²) in [7, 11) is 0. The third-order valence-corrected chi connectivity index (χ3v) is 5.49. The molecule has 0 aliphatic carbocycles. The number of piperidine rings is 1. The monoisotopic (exact) mass is 310 g/mol. The molecular formula is C16H26N2O2S. The van der Waals surface area contributed by atoms with E-state index in [-0.39, 0.29) is 5.92 Å². The third kappa shape index (κ3) is 3.57. The van der Waals surface area contributed by atoms with Gasteiger partial charge in [0.2, 0.25) is 0 Å². The fourth-order valence-electron chi connectivity index (χ4n) is 2.94. The van der Waals surface area contributed by atoms with Crippen LogP contribution in [0.4, 0.5) is 5.13 Å². The van der Waals surface area contributed by atoms with Crippen molar-refractivity contribution in [2.45, 2.75) is 53.4 Å². The number of rotatable bonds is 3. The third-order valence-electron chi connectivity index (χ3n) is 4.37. The minimum absolute atomic E-state index is 0.146. The van der Waals surface area contributed by atoms with E-state index in [2.05, 4.69) is 30.7 Å². The Morgan fingerprint density at radius 1 is 1.33 bits per heavy atom. The summed E-state index contributed by atoms with van der Waals surface area (Å²) in [5.41, 5.74) is 1.07. The summed E-state index contributed by atoms with van der Waals surface area (Å²) in [6.45, 7) is 12.9. The molecule has 1 N–H and O–H groups in total. The fourth-order valence-corrected chi connectivity index (χ4v) is 4.05. The van der Waals surface area contributed by atoms with E-state index in [0.29, 0.717) is 10.3 Å². The molecule has 5 heteroatoms. The van der Waals surface area contributed by atoms with Gasteiger partial charge in [-0.1, -0.05) is 46.0 Å². The van der Waals surface area contributed by atoms with Crippen LogP contribution in [0.25, 0.3) is 0 Å². The molecule has 0 unspecified atom stereocenters. The number of hydrogen-bond donors (Lipinski definition) is 1. The zero-order chi connectivity index (χ0) is 15.8. The maximum atomic E-state index is 11.4. The van der Waals surface area contributed by atoms with E-state index in [4.69, 9.17) is 0 Å². The van der Waals surface area contributed by atoms with Crippen molar-refractivity contribution in [1.29, 1.82) is 0 Å². The lowest BCUT2D eigenvalue weighted by atomic mass is 9.75. The van der Waals surface area contributed by atoms with Gasteiger partial charge in [0.1, 0.15) is 4.88 Å². The number of carboxylic acids is 1. The summed E-state index contributed by atoms with van der Waals surface area (Å²) >= 11 is 1.33. The molecule has 4 nitrogen and oxygen atoms in total. The predicted octanol–water partition coefficient (Wildman–Crippen LogP) is 4.23. The topological polar surface area (TPSA) is 53.4 Å². The quantitative estimate of drug-likeness (QED) is 0.908. The first-order chi connectivity index (χ1) is 9.70. The molecule has 1 aliphatic rings. The lowest BCUT2D eigenvalue weighted by Gasteiger charge is -2.38. The van der Waals surface area contributed by atoms with Crippen molar-refractivity contribution in [2.75, 3.05) is 18.0 Å². The van der Waals surface area contributed by atoms with Crippen LogP contribution in [-0.2, 0) is 0 Å². The van der Waals surface area contributed by atoms with Gasteiger partial charge in [-0.2, -0.15) is 0 Å². The van der Waals surface area contributed by atoms with Crippen molar-refractivity contribution in [3.8, 4) is 0 Å². The largest absolute Gasteiger partial charge is 0.477 e. The van der Waals surface area contributed by atoms with E-state index in [1.807, 2.05) is 13.8 Å². The number of carboxylic acid groups (broad SMARTS) is 1. The van der Waals surface area contributed by atoms with E-state index < -0.39 is 5.97 Å². The van der Waals surface area contributed by atoms with Gasteiger partial charge in [-0.15, -0.1) is 0 Å². The number of aromatic nitrogens is 1. The Morgan fingerprint density at radius 3 is 2.29 bits per heavy atom. The normalized spacial score (nSPS) is 17.5. The molecule has 0 radical (unpaired) electrons. The Labute approximate surface area is 131 Å². The molecule has 1 aromatic heterocycles. The molecule has 2 rings (SSSR count). The molecule has 1 saturated heterocycles. The van der Waals surface area contributed by atoms with Crippen LogP contribution in [0.15, 0.2) is 0 Å². The van der Waals surface area contributed by atoms with Crippen molar-refractivity contribution in [1.82, 2.24) is 4.98 Å². The second kappa shape index (κ2) is 5.95. The zero-order valence-corrected chi connectivity index (χ0v) is 14.5. The zero-order valence-electron chi connectivity index (χ0n) is 13.6. The van der Waals surface area contributed by atoms with Gasteiger partial charge in [-0.25, -0.2) is 9.78 Å². The van der Waals surface area contributed by atoms with Crippen molar-refractivity contribution in [2.24, 2.45) is 11.3 Å². The number of hydrogen-bond acceptors (Lipinski definition) is 4. The van der Waals surface area contributed by atoms with Gasteiger partial charge < -0.3 is 10.0 Å². The summed E-state index contributed by atoms with van der Waals surface area (Å²) in [4.78, 5) is 18.6. The Morgan fingerprint density at radius 2 is 1.90 bits per heavy atom. The molecule has 0 spiro atoms. The highest BCUT2D eigenvalue weighted by atomic mass is 32.1. The number of nitrogens with zero attached hydrogens (tertiary/aromatic N) is 2. The van der Waals surface area contributed by atoms with Gasteiger partial charge in [0.15, 0.2) is 5.13 Å². The van der Waals surface area contributed by atoms with E-state index >= 15 is 0 Å². The van der Waals surface area contributed by atoms with Gasteiger partial charge in [-0.3, -0.25) is 0 Å². The Hall–Kier alpha value is -1.10. The van der Waals surface area contributed by atoms with Gasteiger partial charge in [0.05, 0.1) is 5.69 Å². The van der Waals surface area contributed by atoms with Gasteiger partial charge in [0, 0.05) is 13.1 Å². The SMILES string of the molecule is CC(C)c1nc(N2CCC(C(C)(C)C)CC2)sc1C(=O)O. The number of carbonyl (C=O) groups is 1. The Bertz CT molecular complexity index is 509. The first-order valence-corrected chi connectivity index (χ1v) is 8.50. The summed E-state index contributed by atoms with van der Waals surface area (Å²) < 4.78 is 0. The summed E-state index contributed by atoms with van der Waals surface area (Å²) in [6.07, 6.45) is 2.31. The molecule has 0 aromatic carbocycles. The average molecular weight is 310 g/mol. The van der Waals surface area contributed by atoms with Crippen LogP contribution in [0.2, 0.25) is 0 Å². The molecule has 0 atom stereocenters. The van der Waals surface area contributed by atoms with Crippen LogP contribution in [0.3, 0.4) is 0 Å². The molecule has 2 heterocycles. The van der Waals surface area contributed by atoms with Gasteiger partial charge in [-0.05, 0) is 30.1 Å². The van der Waals surface area contributed by atoms with E-state index in [1.165, 1.54) is 11.3 Å². The predicted molar refractivity (Wildman–Crippen MR) is 87.6 cm³/mol. The van der Waals surface area contributed by atoms with Gasteiger partial charge >= 0.3 is 5.97 Å². The molecule has 0 amide bonds. The molecular weight excluding hydrogens is 284 g/mol. The van der Waals surface area contributed by atoms with Crippen LogP contribution in [-0.4, -0.2) is 29.1 Å². The number of anilines is 1. The molecule has 21 heavy (non-hydrogen) atoms. The van der Waals surface area contributed by atoms with E-state index in [1.54, 1.807) is 0 Å². The van der Waals surface area contributed by atoms with Crippen LogP contribution in [0.1, 0.15) is 68.7 Å². The Balaban J connectivity index is 2.14. The molecule has 0 bridgehead atoms. The van der Waals surface area contributed by atoms with Crippen LogP contribution in [0, 0.1) is 11.3 Å². The standard InChI is InChI=1S/C16H26N2O2S/c1-10(2)12-13(14(19)20)21-15(17-12)18-8-6-11(7-9-18)16(3,4)5/h10-11H,6-9H2,1-5H3,(H,19,20). The van der Waals surface area contributed by atoms with E-state index in [0.717, 1.165) is 42.7 Å². The highest BCUT2D eigenvalue weighted by Gasteiger charge is 2.30. The van der Waals surface area contributed by atoms with Crippen LogP contribution < -0.4 is 4.90 Å². The van der Waals surface area contributed by atoms with Crippen LogP contribution >= 0.6 is 11.3 Å². The molecule has 118 valence electrons. The maximum absolute atomic E-state index is 11.4. The second-order valence-electron chi connectivity index (χ2n) is 7.30. The summed E-state index contributed by atoms with van der Waals surface area (Å²) in [6, 6.07) is 0. The smallest absolute Gasteiger partial charge is 0.347 e.